The lowest BCUT2D eigenvalue weighted by molar-refractivity contribution is -0.447. The number of aliphatic hydroxyl groups is 2. The zero-order chi connectivity index (χ0) is 22.4. The largest absolute Gasteiger partial charge is 0.419 e. The van der Waals surface area contributed by atoms with Gasteiger partial charge in [0, 0.05) is 32.1 Å². The van der Waals surface area contributed by atoms with Gasteiger partial charge >= 0.3 is 29.9 Å². The second-order valence-corrected chi connectivity index (χ2v) is 7.61. The first-order valence-electron chi connectivity index (χ1n) is 10.4. The number of cyclic esters (lactones) is 4. The van der Waals surface area contributed by atoms with Crippen LogP contribution in [0.15, 0.2) is 0 Å². The molecule has 30 heavy (non-hydrogen) atoms. The quantitative estimate of drug-likeness (QED) is 0.616. The topological polar surface area (TPSA) is 146 Å². The molecule has 0 aromatic carbocycles. The first-order chi connectivity index (χ1) is 14.1. The average molecular weight is 430 g/mol. The highest BCUT2D eigenvalue weighted by Crippen LogP contribution is 2.45. The number of esters is 4. The van der Waals surface area contributed by atoms with Crippen molar-refractivity contribution in [2.24, 2.45) is 0 Å². The zero-order valence-corrected chi connectivity index (χ0v) is 17.4. The summed E-state index contributed by atoms with van der Waals surface area (Å²) in [6.07, 6.45) is 0.622. The van der Waals surface area contributed by atoms with Crippen molar-refractivity contribution in [1.82, 2.24) is 0 Å². The summed E-state index contributed by atoms with van der Waals surface area (Å²) in [4.78, 5) is 49.3. The lowest BCUT2D eigenvalue weighted by Crippen LogP contribution is -2.72. The van der Waals surface area contributed by atoms with E-state index in [4.69, 9.17) is 18.9 Å². The summed E-state index contributed by atoms with van der Waals surface area (Å²) in [6.45, 7) is 3.06. The first kappa shape index (κ1) is 24.1. The highest BCUT2D eigenvalue weighted by molar-refractivity contribution is 5.74. The van der Waals surface area contributed by atoms with E-state index in [1.807, 2.05) is 0 Å². The van der Waals surface area contributed by atoms with Gasteiger partial charge in [-0.05, 0) is 38.5 Å². The molecule has 0 aromatic rings. The second-order valence-electron chi connectivity index (χ2n) is 7.61. The summed E-state index contributed by atoms with van der Waals surface area (Å²) in [5.41, 5.74) is -2.78. The van der Waals surface area contributed by atoms with Gasteiger partial charge in [0.25, 0.3) is 5.79 Å². The Morgan fingerprint density at radius 1 is 0.767 bits per heavy atom. The predicted molar refractivity (Wildman–Crippen MR) is 99.1 cm³/mol. The minimum atomic E-state index is -3.23. The Kier molecular flexibility index (Phi) is 7.81. The third-order valence-electron chi connectivity index (χ3n) is 5.33. The molecular weight excluding hydrogens is 400 g/mol. The van der Waals surface area contributed by atoms with Crippen LogP contribution in [-0.2, 0) is 38.1 Å². The summed E-state index contributed by atoms with van der Waals surface area (Å²) >= 11 is 0. The van der Waals surface area contributed by atoms with E-state index in [0.717, 1.165) is 0 Å². The van der Waals surface area contributed by atoms with Crippen molar-refractivity contribution in [2.75, 3.05) is 0 Å². The van der Waals surface area contributed by atoms with Gasteiger partial charge in [0.1, 0.15) is 0 Å². The summed E-state index contributed by atoms with van der Waals surface area (Å²) in [5, 5.41) is 22.8. The van der Waals surface area contributed by atoms with Gasteiger partial charge in [-0.1, -0.05) is 13.8 Å². The first-order valence-corrected chi connectivity index (χ1v) is 10.4. The molecule has 2 heterocycles. The van der Waals surface area contributed by atoms with Gasteiger partial charge in [0.05, 0.1) is 0 Å². The summed E-state index contributed by atoms with van der Waals surface area (Å²) < 4.78 is 20.9. The van der Waals surface area contributed by atoms with Crippen LogP contribution in [0.1, 0.15) is 84.5 Å². The zero-order valence-electron chi connectivity index (χ0n) is 17.4. The van der Waals surface area contributed by atoms with Crippen LogP contribution >= 0.6 is 0 Å². The van der Waals surface area contributed by atoms with Crippen LogP contribution in [0.5, 0.6) is 0 Å². The lowest BCUT2D eigenvalue weighted by Gasteiger charge is -2.49. The predicted octanol–water partition coefficient (Wildman–Crippen LogP) is 1.59. The van der Waals surface area contributed by atoms with Gasteiger partial charge in [-0.2, -0.15) is 0 Å². The minimum Gasteiger partial charge on any atom is -0.419 e. The molecule has 0 saturated carbocycles. The Morgan fingerprint density at radius 2 is 1.13 bits per heavy atom. The van der Waals surface area contributed by atoms with Gasteiger partial charge in [0.15, 0.2) is 0 Å². The van der Waals surface area contributed by atoms with E-state index in [1.165, 1.54) is 6.92 Å². The molecule has 1 unspecified atom stereocenters. The highest BCUT2D eigenvalue weighted by Gasteiger charge is 2.71. The molecule has 2 aliphatic heterocycles. The van der Waals surface area contributed by atoms with Gasteiger partial charge in [-0.15, -0.1) is 0 Å². The SMILES string of the molecule is CCCC1(C(O)(CC)C2(O)OC(=O)CCCCC(=O)O2)OC(=O)CCCCC(=O)O1. The van der Waals surface area contributed by atoms with Crippen LogP contribution in [0.4, 0.5) is 0 Å². The van der Waals surface area contributed by atoms with Crippen molar-refractivity contribution < 1.29 is 48.3 Å². The molecule has 0 aliphatic carbocycles. The van der Waals surface area contributed by atoms with Crippen molar-refractivity contribution in [3.05, 3.63) is 0 Å². The van der Waals surface area contributed by atoms with Crippen LogP contribution in [0.2, 0.25) is 0 Å². The van der Waals surface area contributed by atoms with Crippen molar-refractivity contribution in [3.63, 3.8) is 0 Å². The maximum absolute atomic E-state index is 12.4. The maximum Gasteiger partial charge on any atom is 0.412 e. The fourth-order valence-corrected chi connectivity index (χ4v) is 3.71. The third-order valence-corrected chi connectivity index (χ3v) is 5.33. The van der Waals surface area contributed by atoms with E-state index in [9.17, 15) is 29.4 Å². The van der Waals surface area contributed by atoms with Gasteiger partial charge in [-0.25, -0.2) is 0 Å². The molecule has 0 bridgehead atoms. The molecule has 0 radical (unpaired) electrons. The van der Waals surface area contributed by atoms with E-state index >= 15 is 0 Å². The lowest BCUT2D eigenvalue weighted by atomic mass is 9.83. The molecule has 2 rings (SSSR count). The number of ether oxygens (including phenoxy) is 4. The number of hydrogen-bond donors (Lipinski definition) is 2. The van der Waals surface area contributed by atoms with Crippen molar-refractivity contribution >= 4 is 23.9 Å². The smallest absolute Gasteiger partial charge is 0.412 e. The number of rotatable bonds is 5. The van der Waals surface area contributed by atoms with E-state index in [2.05, 4.69) is 0 Å². The van der Waals surface area contributed by atoms with Crippen LogP contribution in [0, 0.1) is 0 Å². The fraction of sp³-hybridized carbons (Fsp3) is 0.800. The number of carbonyl (C=O) groups excluding carboxylic acids is 4. The van der Waals surface area contributed by atoms with Gasteiger partial charge in [-0.3, -0.25) is 19.2 Å². The Hall–Kier alpha value is -2.20. The Morgan fingerprint density at radius 3 is 1.47 bits per heavy atom. The van der Waals surface area contributed by atoms with Crippen LogP contribution in [0.3, 0.4) is 0 Å². The van der Waals surface area contributed by atoms with Crippen LogP contribution < -0.4 is 0 Å². The van der Waals surface area contributed by atoms with Crippen molar-refractivity contribution in [2.45, 2.75) is 102 Å². The van der Waals surface area contributed by atoms with Crippen LogP contribution in [0.25, 0.3) is 0 Å². The highest BCUT2D eigenvalue weighted by atomic mass is 16.9. The Balaban J connectivity index is 2.62. The molecule has 0 aromatic heterocycles. The normalized spacial score (nSPS) is 24.8. The van der Waals surface area contributed by atoms with E-state index in [1.54, 1.807) is 6.92 Å². The molecule has 10 nitrogen and oxygen atoms in total. The minimum absolute atomic E-state index is 0.0418. The maximum atomic E-state index is 12.4. The van der Waals surface area contributed by atoms with Crippen molar-refractivity contribution in [1.29, 1.82) is 0 Å². The monoisotopic (exact) mass is 430 g/mol. The van der Waals surface area contributed by atoms with Gasteiger partial charge in [0.2, 0.25) is 5.60 Å². The third kappa shape index (κ3) is 4.92. The molecule has 170 valence electrons. The molecule has 10 heteroatoms. The molecule has 2 N–H and O–H groups in total. The molecule has 2 saturated heterocycles. The Labute approximate surface area is 174 Å². The average Bonchev–Trinajstić information content (AvgIpc) is 2.78. The van der Waals surface area contributed by atoms with Crippen LogP contribution in [-0.4, -0.2) is 51.5 Å². The molecule has 2 fully saturated rings. The number of carbonyl (C=O) groups is 4. The van der Waals surface area contributed by atoms with Crippen molar-refractivity contribution in [3.8, 4) is 0 Å². The standard InChI is InChI=1S/C20H30O10/c1-3-13-19(27-14(21)9-5-6-10-15(22)28-19)18(25,4-2)20(26)29-16(23)11-7-8-12-17(24)30-20/h25-26H,3-13H2,1-2H3. The molecule has 1 atom stereocenters. The summed E-state index contributed by atoms with van der Waals surface area (Å²) in [6, 6.07) is 0. The molecular formula is C20H30O10. The van der Waals surface area contributed by atoms with E-state index in [-0.39, 0.29) is 38.5 Å². The Bertz CT molecular complexity index is 632. The second kappa shape index (κ2) is 9.74. The van der Waals surface area contributed by atoms with E-state index in [0.29, 0.717) is 25.7 Å². The molecule has 2 aliphatic rings. The summed E-state index contributed by atoms with van der Waals surface area (Å²) in [7, 11) is 0. The van der Waals surface area contributed by atoms with E-state index < -0.39 is 47.7 Å². The number of hydrogen-bond acceptors (Lipinski definition) is 10. The fourth-order valence-electron chi connectivity index (χ4n) is 3.71. The molecule has 0 amide bonds. The summed E-state index contributed by atoms with van der Waals surface area (Å²) in [5.74, 6) is -9.05. The molecule has 0 spiro atoms. The van der Waals surface area contributed by atoms with Gasteiger partial charge < -0.3 is 29.2 Å².